The highest BCUT2D eigenvalue weighted by atomic mass is 35.5. The number of hydrogen-bond acceptors (Lipinski definition) is 3. The van der Waals surface area contributed by atoms with Crippen molar-refractivity contribution in [3.05, 3.63) is 59.1 Å². The van der Waals surface area contributed by atoms with Gasteiger partial charge in [-0.15, -0.1) is 0 Å². The third kappa shape index (κ3) is 4.62. The van der Waals surface area contributed by atoms with E-state index in [0.29, 0.717) is 23.8 Å². The number of hydrogen-bond donors (Lipinski definition) is 2. The molecular weight excluding hydrogens is 350 g/mol. The highest BCUT2D eigenvalue weighted by Gasteiger charge is 2.26. The van der Waals surface area contributed by atoms with E-state index < -0.39 is 0 Å². The number of carbonyl (C=O) groups excluding carboxylic acids is 2. The van der Waals surface area contributed by atoms with Gasteiger partial charge in [0.15, 0.2) is 0 Å². The van der Waals surface area contributed by atoms with Gasteiger partial charge < -0.3 is 10.6 Å². The summed E-state index contributed by atoms with van der Waals surface area (Å²) in [7, 11) is 0. The summed E-state index contributed by atoms with van der Waals surface area (Å²) in [6.45, 7) is 3.42. The summed E-state index contributed by atoms with van der Waals surface area (Å²) in [4.78, 5) is 25.8. The van der Waals surface area contributed by atoms with Gasteiger partial charge in [-0.05, 0) is 42.6 Å². The lowest BCUT2D eigenvalue weighted by atomic mass is 9.98. The van der Waals surface area contributed by atoms with Gasteiger partial charge in [0.2, 0.25) is 11.8 Å². The molecule has 1 aliphatic rings. The zero-order valence-corrected chi connectivity index (χ0v) is 15.4. The van der Waals surface area contributed by atoms with Crippen molar-refractivity contribution >= 4 is 34.8 Å². The van der Waals surface area contributed by atoms with Crippen LogP contribution in [0.3, 0.4) is 0 Å². The Labute approximate surface area is 158 Å². The number of likely N-dealkylation sites (tertiary alicyclic amines) is 1. The average Bonchev–Trinajstić information content (AvgIpc) is 3.04. The lowest BCUT2D eigenvalue weighted by molar-refractivity contribution is -0.117. The second-order valence-electron chi connectivity index (χ2n) is 6.52. The molecular formula is C20H22ClN3O2. The quantitative estimate of drug-likeness (QED) is 0.841. The second kappa shape index (κ2) is 8.34. The Bertz CT molecular complexity index is 809. The number of carbonyl (C=O) groups is 2. The van der Waals surface area contributed by atoms with E-state index >= 15 is 0 Å². The molecule has 0 aliphatic carbocycles. The van der Waals surface area contributed by atoms with Crippen molar-refractivity contribution in [3.63, 3.8) is 0 Å². The molecule has 1 aliphatic heterocycles. The van der Waals surface area contributed by atoms with Gasteiger partial charge in [0.1, 0.15) is 0 Å². The minimum atomic E-state index is -0.172. The van der Waals surface area contributed by atoms with Gasteiger partial charge in [0.25, 0.3) is 0 Å². The Balaban J connectivity index is 1.58. The molecule has 0 aromatic heterocycles. The number of benzene rings is 2. The van der Waals surface area contributed by atoms with E-state index in [9.17, 15) is 9.59 Å². The van der Waals surface area contributed by atoms with E-state index in [1.807, 2.05) is 30.3 Å². The Morgan fingerprint density at radius 1 is 1.08 bits per heavy atom. The summed E-state index contributed by atoms with van der Waals surface area (Å²) < 4.78 is 0. The third-order valence-corrected chi connectivity index (χ3v) is 4.84. The molecule has 6 heteroatoms. The first kappa shape index (κ1) is 18.4. The maximum Gasteiger partial charge on any atom is 0.238 e. The molecule has 2 aromatic rings. The van der Waals surface area contributed by atoms with Gasteiger partial charge in [-0.3, -0.25) is 14.5 Å². The van der Waals surface area contributed by atoms with Crippen LogP contribution in [0.4, 0.5) is 11.4 Å². The zero-order valence-electron chi connectivity index (χ0n) is 14.7. The number of para-hydroxylation sites is 2. The lowest BCUT2D eigenvalue weighted by Gasteiger charge is -2.17. The summed E-state index contributed by atoms with van der Waals surface area (Å²) in [6.07, 6.45) is 0.986. The van der Waals surface area contributed by atoms with Crippen LogP contribution in [-0.2, 0) is 9.59 Å². The molecule has 1 fully saturated rings. The van der Waals surface area contributed by atoms with Gasteiger partial charge in [-0.25, -0.2) is 0 Å². The van der Waals surface area contributed by atoms with Crippen LogP contribution >= 0.6 is 11.6 Å². The Hall–Kier alpha value is -2.37. The predicted octanol–water partition coefficient (Wildman–Crippen LogP) is 3.73. The van der Waals surface area contributed by atoms with E-state index in [-0.39, 0.29) is 11.8 Å². The fourth-order valence-electron chi connectivity index (χ4n) is 3.32. The number of rotatable bonds is 5. The summed E-state index contributed by atoms with van der Waals surface area (Å²) >= 11 is 6.29. The van der Waals surface area contributed by atoms with Crippen LogP contribution in [0.5, 0.6) is 0 Å². The third-order valence-electron chi connectivity index (χ3n) is 4.50. The van der Waals surface area contributed by atoms with Crippen LogP contribution in [0.2, 0.25) is 5.02 Å². The highest BCUT2D eigenvalue weighted by Crippen LogP contribution is 2.31. The van der Waals surface area contributed by atoms with Crippen molar-refractivity contribution in [2.24, 2.45) is 0 Å². The van der Waals surface area contributed by atoms with Crippen LogP contribution in [0.25, 0.3) is 0 Å². The molecule has 0 bridgehead atoms. The number of halogens is 1. The van der Waals surface area contributed by atoms with E-state index in [4.69, 9.17) is 11.6 Å². The van der Waals surface area contributed by atoms with Gasteiger partial charge in [-0.2, -0.15) is 0 Å². The maximum absolute atomic E-state index is 12.4. The minimum Gasteiger partial charge on any atom is -0.325 e. The van der Waals surface area contributed by atoms with E-state index in [1.54, 1.807) is 12.1 Å². The fraction of sp³-hybridized carbons (Fsp3) is 0.300. The summed E-state index contributed by atoms with van der Waals surface area (Å²) in [5.74, 6) is 0.0830. The van der Waals surface area contributed by atoms with E-state index in [0.717, 1.165) is 30.1 Å². The fourth-order valence-corrected chi connectivity index (χ4v) is 3.61. The molecule has 1 heterocycles. The van der Waals surface area contributed by atoms with Crippen molar-refractivity contribution in [1.82, 2.24) is 4.90 Å². The smallest absolute Gasteiger partial charge is 0.238 e. The minimum absolute atomic E-state index is 0.0948. The van der Waals surface area contributed by atoms with E-state index in [1.165, 1.54) is 6.92 Å². The normalized spacial score (nSPS) is 17.1. The number of nitrogens with zero attached hydrogens (tertiary/aromatic N) is 1. The lowest BCUT2D eigenvalue weighted by Crippen LogP contribution is -2.31. The monoisotopic (exact) mass is 371 g/mol. The first-order valence-corrected chi connectivity index (χ1v) is 9.04. The second-order valence-corrected chi connectivity index (χ2v) is 6.92. The molecule has 1 saturated heterocycles. The molecule has 2 amide bonds. The van der Waals surface area contributed by atoms with Crippen LogP contribution < -0.4 is 10.6 Å². The van der Waals surface area contributed by atoms with Crippen LogP contribution in [-0.4, -0.2) is 36.3 Å². The van der Waals surface area contributed by atoms with Gasteiger partial charge >= 0.3 is 0 Å². The molecule has 5 nitrogen and oxygen atoms in total. The van der Waals surface area contributed by atoms with Crippen molar-refractivity contribution in [2.45, 2.75) is 19.3 Å². The van der Waals surface area contributed by atoms with E-state index in [2.05, 4.69) is 21.6 Å². The molecule has 3 rings (SSSR count). The van der Waals surface area contributed by atoms with Crippen molar-refractivity contribution in [3.8, 4) is 0 Å². The van der Waals surface area contributed by atoms with Gasteiger partial charge in [0.05, 0.1) is 17.9 Å². The summed E-state index contributed by atoms with van der Waals surface area (Å²) in [5.41, 5.74) is 2.35. The maximum atomic E-state index is 12.4. The molecule has 26 heavy (non-hydrogen) atoms. The largest absolute Gasteiger partial charge is 0.325 e. The molecule has 136 valence electrons. The zero-order chi connectivity index (χ0) is 18.5. The Morgan fingerprint density at radius 2 is 1.73 bits per heavy atom. The molecule has 0 spiro atoms. The first-order valence-electron chi connectivity index (χ1n) is 8.66. The van der Waals surface area contributed by atoms with Gasteiger partial charge in [-0.1, -0.05) is 41.9 Å². The molecule has 2 aromatic carbocycles. The SMILES string of the molecule is CC(=O)Nc1ccccc1NC(=O)CN1CCC(c2ccccc2Cl)C1. The number of nitrogens with one attached hydrogen (secondary N) is 2. The Kier molecular flexibility index (Phi) is 5.91. The van der Waals surface area contributed by atoms with Crippen molar-refractivity contribution < 1.29 is 9.59 Å². The number of amides is 2. The first-order chi connectivity index (χ1) is 12.5. The molecule has 0 saturated carbocycles. The molecule has 1 unspecified atom stereocenters. The highest BCUT2D eigenvalue weighted by molar-refractivity contribution is 6.31. The van der Waals surface area contributed by atoms with Crippen molar-refractivity contribution in [1.29, 1.82) is 0 Å². The van der Waals surface area contributed by atoms with Crippen LogP contribution in [0, 0.1) is 0 Å². The van der Waals surface area contributed by atoms with Crippen molar-refractivity contribution in [2.75, 3.05) is 30.3 Å². The molecule has 1 atom stereocenters. The standard InChI is InChI=1S/C20H22ClN3O2/c1-14(25)22-18-8-4-5-9-19(18)23-20(26)13-24-11-10-15(12-24)16-6-2-3-7-17(16)21/h2-9,15H,10-13H2,1H3,(H,22,25)(H,23,26). The average molecular weight is 372 g/mol. The topological polar surface area (TPSA) is 61.4 Å². The molecule has 2 N–H and O–H groups in total. The summed E-state index contributed by atoms with van der Waals surface area (Å²) in [5, 5.41) is 6.40. The molecule has 0 radical (unpaired) electrons. The van der Waals surface area contributed by atoms with Crippen LogP contribution in [0.1, 0.15) is 24.8 Å². The van der Waals surface area contributed by atoms with Gasteiger partial charge in [0, 0.05) is 18.5 Å². The Morgan fingerprint density at radius 3 is 2.42 bits per heavy atom. The predicted molar refractivity (Wildman–Crippen MR) is 105 cm³/mol. The van der Waals surface area contributed by atoms with Crippen LogP contribution in [0.15, 0.2) is 48.5 Å². The summed E-state index contributed by atoms with van der Waals surface area (Å²) in [6, 6.07) is 15.1. The number of anilines is 2.